The second kappa shape index (κ2) is 4.53. The van der Waals surface area contributed by atoms with Gasteiger partial charge in [-0.2, -0.15) is 0 Å². The number of hydrogen-bond acceptors (Lipinski definition) is 4. The highest BCUT2D eigenvalue weighted by molar-refractivity contribution is 5.69. The normalized spacial score (nSPS) is 19.5. The summed E-state index contributed by atoms with van der Waals surface area (Å²) >= 11 is 0. The fraction of sp³-hybridized carbons (Fsp3) is 0.615. The lowest BCUT2D eigenvalue weighted by atomic mass is 10.0. The van der Waals surface area contributed by atoms with Crippen LogP contribution in [0.15, 0.2) is 12.3 Å². The first-order valence-electron chi connectivity index (χ1n) is 6.21. The van der Waals surface area contributed by atoms with Crippen LogP contribution >= 0.6 is 0 Å². The number of anilines is 2. The number of aliphatic hydroxyl groups excluding tert-OH is 1. The standard InChI is InChI=1S/C13H21N3O/c1-8(2)10-5-11-13(14-6-10)15-7-12(17)16(11)9(3)4/h5-6,8-9,12,17H,7H2,1-4H3,(H,14,15). The highest BCUT2D eigenvalue weighted by Crippen LogP contribution is 2.33. The van der Waals surface area contributed by atoms with Gasteiger partial charge in [-0.1, -0.05) is 13.8 Å². The number of nitrogens with zero attached hydrogens (tertiary/aromatic N) is 2. The Balaban J connectivity index is 2.45. The molecule has 4 heteroatoms. The van der Waals surface area contributed by atoms with Gasteiger partial charge in [-0.15, -0.1) is 0 Å². The van der Waals surface area contributed by atoms with E-state index in [2.05, 4.69) is 44.1 Å². The van der Waals surface area contributed by atoms with Crippen LogP contribution in [0.2, 0.25) is 0 Å². The molecule has 0 spiro atoms. The van der Waals surface area contributed by atoms with Gasteiger partial charge in [-0.25, -0.2) is 4.98 Å². The molecule has 4 nitrogen and oxygen atoms in total. The monoisotopic (exact) mass is 235 g/mol. The summed E-state index contributed by atoms with van der Waals surface area (Å²) in [5, 5.41) is 13.2. The number of β-amino-alcohol motifs (C(OH)–C–C–N with tert-alkyl or cyclic N) is 1. The Morgan fingerprint density at radius 2 is 2.12 bits per heavy atom. The zero-order chi connectivity index (χ0) is 12.6. The molecular formula is C13H21N3O. The van der Waals surface area contributed by atoms with Crippen LogP contribution in [-0.4, -0.2) is 28.9 Å². The van der Waals surface area contributed by atoms with Crippen molar-refractivity contribution in [3.05, 3.63) is 17.8 Å². The van der Waals surface area contributed by atoms with Gasteiger partial charge >= 0.3 is 0 Å². The van der Waals surface area contributed by atoms with Gasteiger partial charge < -0.3 is 15.3 Å². The van der Waals surface area contributed by atoms with Gasteiger partial charge in [0.2, 0.25) is 0 Å². The molecule has 0 saturated carbocycles. The number of fused-ring (bicyclic) bond motifs is 1. The Labute approximate surface area is 103 Å². The van der Waals surface area contributed by atoms with Crippen LogP contribution < -0.4 is 10.2 Å². The molecule has 1 aromatic rings. The van der Waals surface area contributed by atoms with Gasteiger partial charge in [0.05, 0.1) is 12.2 Å². The molecular weight excluding hydrogens is 214 g/mol. The molecule has 0 amide bonds. The zero-order valence-electron chi connectivity index (χ0n) is 10.9. The number of hydrogen-bond donors (Lipinski definition) is 2. The molecule has 2 N–H and O–H groups in total. The van der Waals surface area contributed by atoms with Crippen molar-refractivity contribution in [3.63, 3.8) is 0 Å². The van der Waals surface area contributed by atoms with E-state index < -0.39 is 6.23 Å². The summed E-state index contributed by atoms with van der Waals surface area (Å²) in [6.07, 6.45) is 1.43. The van der Waals surface area contributed by atoms with Crippen LogP contribution in [0, 0.1) is 0 Å². The van der Waals surface area contributed by atoms with Crippen LogP contribution in [0.4, 0.5) is 11.5 Å². The summed E-state index contributed by atoms with van der Waals surface area (Å²) in [6.45, 7) is 8.99. The Kier molecular flexibility index (Phi) is 3.24. The number of pyridine rings is 1. The van der Waals surface area contributed by atoms with Gasteiger partial charge in [-0.3, -0.25) is 0 Å². The van der Waals surface area contributed by atoms with Crippen LogP contribution in [0.1, 0.15) is 39.2 Å². The maximum absolute atomic E-state index is 10.1. The molecule has 17 heavy (non-hydrogen) atoms. The molecule has 1 aromatic heterocycles. The predicted octanol–water partition coefficient (Wildman–Crippen LogP) is 2.16. The molecule has 0 bridgehead atoms. The third kappa shape index (κ3) is 2.22. The van der Waals surface area contributed by atoms with Crippen LogP contribution in [-0.2, 0) is 0 Å². The van der Waals surface area contributed by atoms with E-state index in [0.29, 0.717) is 12.5 Å². The number of nitrogens with one attached hydrogen (secondary N) is 1. The number of aliphatic hydroxyl groups is 1. The third-order valence-electron chi connectivity index (χ3n) is 3.16. The lowest BCUT2D eigenvalue weighted by Crippen LogP contribution is -2.48. The maximum atomic E-state index is 10.1. The first kappa shape index (κ1) is 12.2. The number of rotatable bonds is 2. The first-order chi connectivity index (χ1) is 8.00. The van der Waals surface area contributed by atoms with Crippen LogP contribution in [0.25, 0.3) is 0 Å². The Hall–Kier alpha value is -1.29. The van der Waals surface area contributed by atoms with Crippen molar-refractivity contribution < 1.29 is 5.11 Å². The molecule has 0 aromatic carbocycles. The zero-order valence-corrected chi connectivity index (χ0v) is 10.9. The van der Waals surface area contributed by atoms with Gasteiger partial charge in [0.25, 0.3) is 0 Å². The SMILES string of the molecule is CC(C)c1cnc2c(c1)N(C(C)C)C(O)CN2. The minimum absolute atomic E-state index is 0.259. The second-order valence-corrected chi connectivity index (χ2v) is 5.15. The van der Waals surface area contributed by atoms with Crippen molar-refractivity contribution in [2.75, 3.05) is 16.8 Å². The highest BCUT2D eigenvalue weighted by Gasteiger charge is 2.27. The average molecular weight is 235 g/mol. The summed E-state index contributed by atoms with van der Waals surface area (Å²) in [5.74, 6) is 1.31. The molecule has 0 fully saturated rings. The molecule has 1 aliphatic heterocycles. The quantitative estimate of drug-likeness (QED) is 0.824. The molecule has 0 radical (unpaired) electrons. The summed E-state index contributed by atoms with van der Waals surface area (Å²) in [7, 11) is 0. The van der Waals surface area contributed by atoms with E-state index in [1.165, 1.54) is 5.56 Å². The lowest BCUT2D eigenvalue weighted by Gasteiger charge is -2.39. The highest BCUT2D eigenvalue weighted by atomic mass is 16.3. The van der Waals surface area contributed by atoms with Gasteiger partial charge in [-0.05, 0) is 31.4 Å². The van der Waals surface area contributed by atoms with Crippen molar-refractivity contribution in [2.24, 2.45) is 0 Å². The van der Waals surface area contributed by atoms with Gasteiger partial charge in [0.15, 0.2) is 0 Å². The van der Waals surface area contributed by atoms with Crippen molar-refractivity contribution in [2.45, 2.75) is 45.9 Å². The molecule has 94 valence electrons. The van der Waals surface area contributed by atoms with E-state index in [0.717, 1.165) is 11.5 Å². The molecule has 1 atom stereocenters. The van der Waals surface area contributed by atoms with E-state index in [9.17, 15) is 5.11 Å². The summed E-state index contributed by atoms with van der Waals surface area (Å²) in [6, 6.07) is 2.39. The van der Waals surface area contributed by atoms with Crippen molar-refractivity contribution >= 4 is 11.5 Å². The fourth-order valence-corrected chi connectivity index (χ4v) is 2.19. The number of aromatic nitrogens is 1. The molecule has 1 unspecified atom stereocenters. The van der Waals surface area contributed by atoms with Gasteiger partial charge in [0.1, 0.15) is 12.0 Å². The lowest BCUT2D eigenvalue weighted by molar-refractivity contribution is 0.170. The van der Waals surface area contributed by atoms with Gasteiger partial charge in [0, 0.05) is 12.2 Å². The molecule has 2 heterocycles. The largest absolute Gasteiger partial charge is 0.372 e. The van der Waals surface area contributed by atoms with Crippen molar-refractivity contribution in [3.8, 4) is 0 Å². The topological polar surface area (TPSA) is 48.4 Å². The van der Waals surface area contributed by atoms with Crippen LogP contribution in [0.5, 0.6) is 0 Å². The van der Waals surface area contributed by atoms with Crippen molar-refractivity contribution in [1.29, 1.82) is 0 Å². The first-order valence-corrected chi connectivity index (χ1v) is 6.21. The third-order valence-corrected chi connectivity index (χ3v) is 3.16. The van der Waals surface area contributed by atoms with E-state index >= 15 is 0 Å². The summed E-state index contributed by atoms with van der Waals surface area (Å²) < 4.78 is 0. The second-order valence-electron chi connectivity index (χ2n) is 5.15. The molecule has 0 aliphatic carbocycles. The van der Waals surface area contributed by atoms with E-state index in [1.807, 2.05) is 11.1 Å². The van der Waals surface area contributed by atoms with E-state index in [4.69, 9.17) is 0 Å². The fourth-order valence-electron chi connectivity index (χ4n) is 2.19. The smallest absolute Gasteiger partial charge is 0.149 e. The molecule has 1 aliphatic rings. The predicted molar refractivity (Wildman–Crippen MR) is 70.4 cm³/mol. The minimum Gasteiger partial charge on any atom is -0.372 e. The molecule has 2 rings (SSSR count). The Morgan fingerprint density at radius 1 is 1.41 bits per heavy atom. The Bertz CT molecular complexity index is 404. The van der Waals surface area contributed by atoms with E-state index in [-0.39, 0.29) is 6.04 Å². The van der Waals surface area contributed by atoms with E-state index in [1.54, 1.807) is 0 Å². The summed E-state index contributed by atoms with van der Waals surface area (Å²) in [5.41, 5.74) is 2.20. The van der Waals surface area contributed by atoms with Crippen molar-refractivity contribution in [1.82, 2.24) is 4.98 Å². The average Bonchev–Trinajstić information content (AvgIpc) is 2.27. The molecule has 0 saturated heterocycles. The minimum atomic E-state index is -0.480. The summed E-state index contributed by atoms with van der Waals surface area (Å²) in [4.78, 5) is 6.46. The Morgan fingerprint density at radius 3 is 2.71 bits per heavy atom. The maximum Gasteiger partial charge on any atom is 0.149 e. The van der Waals surface area contributed by atoms with Crippen LogP contribution in [0.3, 0.4) is 0 Å².